The van der Waals surface area contributed by atoms with E-state index in [-0.39, 0.29) is 0 Å². The van der Waals surface area contributed by atoms with Crippen LogP contribution in [0.5, 0.6) is 0 Å². The van der Waals surface area contributed by atoms with Crippen LogP contribution in [0.25, 0.3) is 0 Å². The third kappa shape index (κ3) is 32.0. The van der Waals surface area contributed by atoms with Crippen LogP contribution in [0, 0.1) is 0 Å². The average Bonchev–Trinajstić information content (AvgIpc) is 2.98. The van der Waals surface area contributed by atoms with Crippen molar-refractivity contribution in [2.24, 2.45) is 0 Å². The number of rotatable bonds is 34. The molecule has 1 nitrogen and oxygen atoms in total. The molecular formula is C40H78O. The maximum Gasteiger partial charge on any atom is 0.0996 e. The molecule has 0 atom stereocenters. The zero-order valence-corrected chi connectivity index (χ0v) is 29.2. The fraction of sp³-hybridized carbons (Fsp3) is 0.900. The van der Waals surface area contributed by atoms with Crippen LogP contribution in [0.1, 0.15) is 233 Å². The van der Waals surface area contributed by atoms with Crippen molar-refractivity contribution in [3.05, 3.63) is 23.7 Å². The second-order valence-corrected chi connectivity index (χ2v) is 13.0. The molecule has 0 aromatic heterocycles. The summed E-state index contributed by atoms with van der Waals surface area (Å²) in [4.78, 5) is 0. The van der Waals surface area contributed by atoms with Gasteiger partial charge in [0.05, 0.1) is 11.5 Å². The number of ether oxygens (including phenoxy) is 1. The summed E-state index contributed by atoms with van der Waals surface area (Å²) in [6.45, 7) is 9.24. The number of hydrogen-bond donors (Lipinski definition) is 0. The van der Waals surface area contributed by atoms with Crippen molar-refractivity contribution in [1.29, 1.82) is 0 Å². The van der Waals surface area contributed by atoms with Gasteiger partial charge in [-0.25, -0.2) is 0 Å². The van der Waals surface area contributed by atoms with Gasteiger partial charge in [-0.15, -0.1) is 0 Å². The zero-order chi connectivity index (χ0) is 29.9. The molecule has 41 heavy (non-hydrogen) atoms. The van der Waals surface area contributed by atoms with Crippen molar-refractivity contribution in [1.82, 2.24) is 0 Å². The molecule has 0 fully saturated rings. The highest BCUT2D eigenvalue weighted by molar-refractivity contribution is 5.02. The predicted octanol–water partition coefficient (Wildman–Crippen LogP) is 15.3. The number of allylic oxidation sites excluding steroid dienone is 4. The first-order valence-electron chi connectivity index (χ1n) is 19.3. The van der Waals surface area contributed by atoms with E-state index in [9.17, 15) is 0 Å². The van der Waals surface area contributed by atoms with Gasteiger partial charge in [-0.05, 0) is 50.7 Å². The summed E-state index contributed by atoms with van der Waals surface area (Å²) in [7, 11) is 0. The van der Waals surface area contributed by atoms with E-state index in [1.165, 1.54) is 204 Å². The lowest BCUT2D eigenvalue weighted by molar-refractivity contribution is 0.266. The first-order chi connectivity index (χ1) is 20.3. The molecule has 244 valence electrons. The van der Waals surface area contributed by atoms with E-state index < -0.39 is 0 Å². The number of unbranched alkanes of at least 4 members (excludes halogenated alkanes) is 26. The average molecular weight is 575 g/mol. The maximum atomic E-state index is 6.78. The highest BCUT2D eigenvalue weighted by Gasteiger charge is 2.06. The van der Waals surface area contributed by atoms with Crippen molar-refractivity contribution in [2.45, 2.75) is 233 Å². The quantitative estimate of drug-likeness (QED) is 0.0548. The fourth-order valence-corrected chi connectivity index (χ4v) is 5.80. The van der Waals surface area contributed by atoms with Crippen LogP contribution >= 0.6 is 0 Å². The maximum absolute atomic E-state index is 6.78. The summed E-state index contributed by atoms with van der Waals surface area (Å²) in [5, 5.41) is 0. The second kappa shape index (κ2) is 35.5. The highest BCUT2D eigenvalue weighted by Crippen LogP contribution is 2.23. The Bertz CT molecular complexity index is 497. The van der Waals surface area contributed by atoms with Gasteiger partial charge in [-0.1, -0.05) is 182 Å². The van der Waals surface area contributed by atoms with Crippen molar-refractivity contribution >= 4 is 0 Å². The van der Waals surface area contributed by atoms with Gasteiger partial charge in [0.2, 0.25) is 0 Å². The zero-order valence-electron chi connectivity index (χ0n) is 29.2. The molecule has 0 spiro atoms. The first-order valence-corrected chi connectivity index (χ1v) is 19.3. The molecule has 0 amide bonds. The minimum atomic E-state index is 1.14. The molecule has 0 saturated carbocycles. The van der Waals surface area contributed by atoms with Crippen molar-refractivity contribution in [3.8, 4) is 0 Å². The third-order valence-electron chi connectivity index (χ3n) is 8.68. The molecule has 0 bridgehead atoms. The second-order valence-electron chi connectivity index (χ2n) is 13.0. The van der Waals surface area contributed by atoms with E-state index in [0.717, 1.165) is 12.8 Å². The molecule has 0 aliphatic heterocycles. The molecule has 0 radical (unpaired) electrons. The summed E-state index contributed by atoms with van der Waals surface area (Å²) in [6.07, 6.45) is 48.2. The van der Waals surface area contributed by atoms with E-state index in [4.69, 9.17) is 4.74 Å². The van der Waals surface area contributed by atoms with Gasteiger partial charge in [-0.2, -0.15) is 0 Å². The van der Waals surface area contributed by atoms with Crippen LogP contribution in [0.3, 0.4) is 0 Å². The van der Waals surface area contributed by atoms with Gasteiger partial charge in [-0.3, -0.25) is 0 Å². The molecule has 0 heterocycles. The molecule has 0 unspecified atom stereocenters. The van der Waals surface area contributed by atoms with E-state index in [0.29, 0.717) is 0 Å². The van der Waals surface area contributed by atoms with Gasteiger partial charge >= 0.3 is 0 Å². The Hall–Kier alpha value is -0.720. The predicted molar refractivity (Wildman–Crippen MR) is 188 cm³/mol. The lowest BCUT2D eigenvalue weighted by Gasteiger charge is -2.15. The van der Waals surface area contributed by atoms with E-state index in [2.05, 4.69) is 39.8 Å². The summed E-state index contributed by atoms with van der Waals surface area (Å²) in [5.74, 6) is 2.58. The molecule has 0 rings (SSSR count). The van der Waals surface area contributed by atoms with Crippen molar-refractivity contribution in [2.75, 3.05) is 0 Å². The van der Waals surface area contributed by atoms with Crippen LogP contribution in [0.2, 0.25) is 0 Å². The van der Waals surface area contributed by atoms with Gasteiger partial charge in [0.25, 0.3) is 0 Å². The van der Waals surface area contributed by atoms with Crippen molar-refractivity contribution < 1.29 is 4.74 Å². The van der Waals surface area contributed by atoms with Crippen LogP contribution in [-0.4, -0.2) is 0 Å². The van der Waals surface area contributed by atoms with E-state index in [1.54, 1.807) is 0 Å². The fourth-order valence-electron chi connectivity index (χ4n) is 5.80. The lowest BCUT2D eigenvalue weighted by atomic mass is 10.0. The lowest BCUT2D eigenvalue weighted by Crippen LogP contribution is -1.97. The Balaban J connectivity index is 4.85. The monoisotopic (exact) mass is 575 g/mol. The Morgan fingerprint density at radius 3 is 0.854 bits per heavy atom. The molecule has 0 aliphatic rings. The van der Waals surface area contributed by atoms with Gasteiger partial charge < -0.3 is 4.74 Å². The molecule has 0 N–H and O–H groups in total. The summed E-state index contributed by atoms with van der Waals surface area (Å²) in [6, 6.07) is 0. The number of hydrogen-bond acceptors (Lipinski definition) is 1. The van der Waals surface area contributed by atoms with Crippen molar-refractivity contribution in [3.63, 3.8) is 0 Å². The summed E-state index contributed by atoms with van der Waals surface area (Å²) < 4.78 is 6.78. The highest BCUT2D eigenvalue weighted by atomic mass is 16.5. The SMILES string of the molecule is CCCCCCCC/C=C(\CCCCCCCCCC)O/C(=C/CCCCCCCC)CCCCCCCCCC. The van der Waals surface area contributed by atoms with Crippen LogP contribution in [-0.2, 0) is 4.74 Å². The standard InChI is InChI=1S/C40H78O/c1-5-9-13-17-21-25-29-33-37-39(35-31-27-23-19-15-11-7-3)41-40(36-32-28-24-20-16-12-8-4)38-34-30-26-22-18-14-10-6-2/h35-36H,5-34,37-38H2,1-4H3/b39-35+,40-36+. The van der Waals surface area contributed by atoms with Crippen LogP contribution in [0.4, 0.5) is 0 Å². The summed E-state index contributed by atoms with van der Waals surface area (Å²) >= 11 is 0. The molecule has 0 aliphatic carbocycles. The molecular weight excluding hydrogens is 496 g/mol. The topological polar surface area (TPSA) is 9.23 Å². The minimum absolute atomic E-state index is 1.14. The Morgan fingerprint density at radius 2 is 0.561 bits per heavy atom. The molecule has 0 aromatic carbocycles. The minimum Gasteiger partial charge on any atom is -0.467 e. The third-order valence-corrected chi connectivity index (χ3v) is 8.68. The molecule has 0 aromatic rings. The Labute approximate surface area is 261 Å². The van der Waals surface area contributed by atoms with Crippen LogP contribution in [0.15, 0.2) is 23.7 Å². The first kappa shape index (κ1) is 40.3. The normalized spacial score (nSPS) is 12.4. The molecule has 0 saturated heterocycles. The van der Waals surface area contributed by atoms with Gasteiger partial charge in [0, 0.05) is 12.8 Å². The van der Waals surface area contributed by atoms with Crippen LogP contribution < -0.4 is 0 Å². The largest absolute Gasteiger partial charge is 0.467 e. The summed E-state index contributed by atoms with van der Waals surface area (Å²) in [5.41, 5.74) is 0. The van der Waals surface area contributed by atoms with E-state index >= 15 is 0 Å². The Kier molecular flexibility index (Phi) is 34.9. The smallest absolute Gasteiger partial charge is 0.0996 e. The van der Waals surface area contributed by atoms with Gasteiger partial charge in [0.1, 0.15) is 0 Å². The molecule has 1 heteroatoms. The van der Waals surface area contributed by atoms with E-state index in [1.807, 2.05) is 0 Å². The van der Waals surface area contributed by atoms with Gasteiger partial charge in [0.15, 0.2) is 0 Å². The Morgan fingerprint density at radius 1 is 0.317 bits per heavy atom.